The smallest absolute Gasteiger partial charge is 0.177 e. The van der Waals surface area contributed by atoms with E-state index in [4.69, 9.17) is 11.6 Å². The summed E-state index contributed by atoms with van der Waals surface area (Å²) < 4.78 is 0. The molecule has 7 aromatic heterocycles. The lowest BCUT2D eigenvalue weighted by molar-refractivity contribution is 0.881. The van der Waals surface area contributed by atoms with Crippen LogP contribution in [-0.4, -0.2) is 144 Å². The Morgan fingerprint density at radius 3 is 0.795 bits per heavy atom. The molecule has 0 saturated heterocycles. The van der Waals surface area contributed by atoms with Crippen molar-refractivity contribution >= 4 is 11.6 Å². The summed E-state index contributed by atoms with van der Waals surface area (Å²) in [6.45, 7) is 10.2. The zero-order chi connectivity index (χ0) is 57.9. The summed E-state index contributed by atoms with van der Waals surface area (Å²) in [7, 11) is 0. The number of rotatable bonds is 7. The molecular formula is C54H51ClN28. The van der Waals surface area contributed by atoms with Crippen molar-refractivity contribution in [1.82, 2.24) is 144 Å². The van der Waals surface area contributed by atoms with Gasteiger partial charge in [0.2, 0.25) is 40.8 Å². The third kappa shape index (κ3) is 18.2. The van der Waals surface area contributed by atoms with Crippen LogP contribution in [0.4, 0.5) is 0 Å². The Hall–Kier alpha value is -11.7. The van der Waals surface area contributed by atoms with Gasteiger partial charge in [-0.25, -0.2) is 0 Å². The van der Waals surface area contributed by atoms with Crippen molar-refractivity contribution in [2.45, 2.75) is 34.6 Å². The second-order valence-corrected chi connectivity index (χ2v) is 17.7. The number of hydrogen-bond acceptors (Lipinski definition) is 21. The number of aromatic nitrogens is 28. The van der Waals surface area contributed by atoms with E-state index in [1.165, 1.54) is 27.8 Å². The molecule has 0 amide bonds. The second kappa shape index (κ2) is 30.5. The lowest BCUT2D eigenvalue weighted by Gasteiger charge is -1.95. The van der Waals surface area contributed by atoms with Crippen LogP contribution in [0.25, 0.3) is 79.7 Å². The van der Waals surface area contributed by atoms with Crippen LogP contribution in [0.3, 0.4) is 0 Å². The summed E-state index contributed by atoms with van der Waals surface area (Å²) in [4.78, 5) is 0. The molecule has 0 aliphatic heterocycles. The van der Waals surface area contributed by atoms with Crippen LogP contribution in [0, 0.1) is 34.6 Å². The first kappa shape index (κ1) is 57.5. The number of benzene rings is 7. The molecule has 0 radical (unpaired) electrons. The highest BCUT2D eigenvalue weighted by molar-refractivity contribution is 6.33. The molecule has 0 atom stereocenters. The molecule has 7 aromatic carbocycles. The van der Waals surface area contributed by atoms with E-state index in [1.54, 1.807) is 6.07 Å². The maximum Gasteiger partial charge on any atom is 0.206 e. The van der Waals surface area contributed by atoms with Crippen molar-refractivity contribution in [3.63, 3.8) is 0 Å². The molecule has 29 heteroatoms. The van der Waals surface area contributed by atoms with Crippen molar-refractivity contribution in [3.05, 3.63) is 209 Å². The lowest BCUT2D eigenvalue weighted by Crippen LogP contribution is -1.81. The Bertz CT molecular complexity index is 3620. The Kier molecular flexibility index (Phi) is 21.1. The standard InChI is InChI=1S/5C8H8N4.C7H5ClN4.C7H6N4/c4*1-6-2-4-7(5-3-6)8-9-11-12-10-8;1-6-3-2-4-7(5-6)8-9-11-12-10-8;8-6-4-2-1-3-5(6)7-9-11-12-10-7;1-2-4-6(5-3-1)7-8-10-11-9-7/h5*2-5H,1H3,(H,9,10,11,12);1-4H,(H,9,10,11,12);1-5H,(H,8,9,10,11). The summed E-state index contributed by atoms with van der Waals surface area (Å²) >= 11 is 5.89. The molecule has 0 saturated carbocycles. The van der Waals surface area contributed by atoms with Gasteiger partial charge in [0.1, 0.15) is 0 Å². The summed E-state index contributed by atoms with van der Waals surface area (Å²) in [5.41, 5.74) is 12.8. The predicted molar refractivity (Wildman–Crippen MR) is 306 cm³/mol. The van der Waals surface area contributed by atoms with E-state index in [0.717, 1.165) is 38.9 Å². The van der Waals surface area contributed by atoms with Gasteiger partial charge in [0.25, 0.3) is 0 Å². The highest BCUT2D eigenvalue weighted by atomic mass is 35.5. The monoisotopic (exact) mass is 1130 g/mol. The van der Waals surface area contributed by atoms with Gasteiger partial charge >= 0.3 is 0 Å². The van der Waals surface area contributed by atoms with E-state index in [0.29, 0.717) is 45.8 Å². The average Bonchev–Trinajstić information content (AvgIpc) is 4.38. The number of tetrazole rings is 7. The minimum Gasteiger partial charge on any atom is -0.177 e. The summed E-state index contributed by atoms with van der Waals surface area (Å²) in [6.07, 6.45) is 0. The zero-order valence-electron chi connectivity index (χ0n) is 45.0. The van der Waals surface area contributed by atoms with Gasteiger partial charge in [0.15, 0.2) is 0 Å². The third-order valence-electron chi connectivity index (χ3n) is 11.1. The number of nitrogens with one attached hydrogen (secondary N) is 7. The average molecular weight is 1130 g/mol. The number of aromatic amines is 7. The molecule has 0 fully saturated rings. The fourth-order valence-corrected chi connectivity index (χ4v) is 7.03. The molecule has 414 valence electrons. The van der Waals surface area contributed by atoms with Crippen LogP contribution in [-0.2, 0) is 0 Å². The number of hydrogen-bond donors (Lipinski definition) is 7. The molecule has 83 heavy (non-hydrogen) atoms. The van der Waals surface area contributed by atoms with Crippen molar-refractivity contribution in [3.8, 4) is 79.7 Å². The van der Waals surface area contributed by atoms with E-state index in [2.05, 4.69) is 144 Å². The summed E-state index contributed by atoms with van der Waals surface area (Å²) in [6, 6.07) is 57.0. The first-order valence-corrected chi connectivity index (χ1v) is 25.3. The van der Waals surface area contributed by atoms with Crippen LogP contribution in [0.1, 0.15) is 27.8 Å². The van der Waals surface area contributed by atoms with Crippen LogP contribution in [0.2, 0.25) is 5.02 Å². The van der Waals surface area contributed by atoms with Crippen molar-refractivity contribution in [2.75, 3.05) is 0 Å². The Balaban J connectivity index is 0.000000127. The molecule has 28 nitrogen and oxygen atoms in total. The number of aryl methyl sites for hydroxylation is 5. The molecule has 7 N–H and O–H groups in total. The fraction of sp³-hybridized carbons (Fsp3) is 0.0926. The first-order chi connectivity index (χ1) is 40.6. The predicted octanol–water partition coefficient (Wildman–Crippen LogP) is 8.26. The molecule has 7 heterocycles. The number of nitrogens with zero attached hydrogens (tertiary/aromatic N) is 21. The highest BCUT2D eigenvalue weighted by Gasteiger charge is 2.07. The van der Waals surface area contributed by atoms with E-state index in [-0.39, 0.29) is 0 Å². The van der Waals surface area contributed by atoms with E-state index in [1.807, 2.05) is 204 Å². The molecule has 0 aliphatic rings. The van der Waals surface area contributed by atoms with E-state index in [9.17, 15) is 0 Å². The van der Waals surface area contributed by atoms with Crippen molar-refractivity contribution in [1.29, 1.82) is 0 Å². The normalized spacial score (nSPS) is 10.0. The molecular weight excluding hydrogens is 1080 g/mol. The van der Waals surface area contributed by atoms with Gasteiger partial charge in [0, 0.05) is 38.9 Å². The molecule has 14 rings (SSSR count). The lowest BCUT2D eigenvalue weighted by atomic mass is 10.1. The molecule has 0 unspecified atom stereocenters. The van der Waals surface area contributed by atoms with Crippen LogP contribution < -0.4 is 0 Å². The fourth-order valence-electron chi connectivity index (χ4n) is 6.80. The van der Waals surface area contributed by atoms with Gasteiger partial charge < -0.3 is 0 Å². The topological polar surface area (TPSA) is 381 Å². The summed E-state index contributed by atoms with van der Waals surface area (Å²) in [5.74, 6) is 4.32. The zero-order valence-corrected chi connectivity index (χ0v) is 45.8. The van der Waals surface area contributed by atoms with E-state index >= 15 is 0 Å². The van der Waals surface area contributed by atoms with Gasteiger partial charge in [-0.3, -0.25) is 0 Å². The quantitative estimate of drug-likeness (QED) is 0.0789. The maximum atomic E-state index is 5.89. The molecule has 14 aromatic rings. The molecule has 0 bridgehead atoms. The minimum atomic E-state index is 0.514. The molecule has 0 aliphatic carbocycles. The number of halogens is 1. The van der Waals surface area contributed by atoms with Crippen LogP contribution in [0.15, 0.2) is 176 Å². The molecule has 0 spiro atoms. The second-order valence-electron chi connectivity index (χ2n) is 17.3. The Morgan fingerprint density at radius 1 is 0.241 bits per heavy atom. The first-order valence-electron chi connectivity index (χ1n) is 24.9. The van der Waals surface area contributed by atoms with Crippen LogP contribution >= 0.6 is 11.6 Å². The van der Waals surface area contributed by atoms with Crippen molar-refractivity contribution in [2.24, 2.45) is 0 Å². The highest BCUT2D eigenvalue weighted by Crippen LogP contribution is 2.23. The van der Waals surface area contributed by atoms with Gasteiger partial charge in [-0.05, 0) is 89.3 Å². The summed E-state index contributed by atoms with van der Waals surface area (Å²) in [5, 5.41) is 95.8. The Morgan fingerprint density at radius 2 is 0.506 bits per heavy atom. The SMILES string of the molecule is Cc1ccc(-c2nn[nH]n2)cc1.Cc1ccc(-c2nn[nH]n2)cc1.Cc1ccc(-c2nn[nH]n2)cc1.Cc1ccc(-c2nn[nH]n2)cc1.Cc1cccc(-c2nn[nH]n2)c1.Clc1ccccc1-c1nn[nH]n1.c1ccc(-c2nn[nH]n2)cc1. The van der Waals surface area contributed by atoms with Gasteiger partial charge in [-0.1, -0.05) is 197 Å². The number of H-pyrrole nitrogens is 7. The third-order valence-corrected chi connectivity index (χ3v) is 11.4. The van der Waals surface area contributed by atoms with Gasteiger partial charge in [0.05, 0.1) is 5.02 Å². The largest absolute Gasteiger partial charge is 0.206 e. The maximum absolute atomic E-state index is 5.89. The van der Waals surface area contributed by atoms with Crippen molar-refractivity contribution < 1.29 is 0 Å². The van der Waals surface area contributed by atoms with Gasteiger partial charge in [-0.2, -0.15) is 36.5 Å². The minimum absolute atomic E-state index is 0.514. The van der Waals surface area contributed by atoms with Gasteiger partial charge in [-0.15, -0.1) is 71.4 Å². The van der Waals surface area contributed by atoms with E-state index < -0.39 is 0 Å². The van der Waals surface area contributed by atoms with Crippen LogP contribution in [0.5, 0.6) is 0 Å². The Labute approximate surface area is 477 Å².